The number of amides is 2. The van der Waals surface area contributed by atoms with Crippen molar-refractivity contribution in [2.45, 2.75) is 11.3 Å². The van der Waals surface area contributed by atoms with Crippen LogP contribution in [0.2, 0.25) is 0 Å². The summed E-state index contributed by atoms with van der Waals surface area (Å²) in [5, 5.41) is 12.6. The fourth-order valence-corrected chi connectivity index (χ4v) is 3.85. The zero-order valence-corrected chi connectivity index (χ0v) is 17.1. The van der Waals surface area contributed by atoms with Crippen LogP contribution in [0.5, 0.6) is 0 Å². The Bertz CT molecular complexity index is 1080. The van der Waals surface area contributed by atoms with Crippen molar-refractivity contribution < 1.29 is 23.2 Å². The van der Waals surface area contributed by atoms with E-state index in [1.165, 1.54) is 6.92 Å². The molecule has 0 aliphatic rings. The van der Waals surface area contributed by atoms with Crippen LogP contribution in [0.4, 0.5) is 19.6 Å². The Morgan fingerprint density at radius 2 is 1.67 bits per heavy atom. The SMILES string of the molecule is CC(=O)c1ccc(NC(=O)CSc2nnc(NC(=O)c3c(F)cccc3F)s2)cc1. The summed E-state index contributed by atoms with van der Waals surface area (Å²) < 4.78 is 27.7. The monoisotopic (exact) mass is 448 g/mol. The van der Waals surface area contributed by atoms with Crippen molar-refractivity contribution in [3.05, 3.63) is 65.2 Å². The summed E-state index contributed by atoms with van der Waals surface area (Å²) in [6, 6.07) is 9.59. The van der Waals surface area contributed by atoms with E-state index in [1.54, 1.807) is 24.3 Å². The van der Waals surface area contributed by atoms with Gasteiger partial charge in [0.2, 0.25) is 11.0 Å². The smallest absolute Gasteiger partial charge is 0.263 e. The number of nitrogens with zero attached hydrogens (tertiary/aromatic N) is 2. The predicted octanol–water partition coefficient (Wildman–Crippen LogP) is 4.00. The molecule has 2 amide bonds. The third-order valence-corrected chi connectivity index (χ3v) is 5.69. The maximum Gasteiger partial charge on any atom is 0.263 e. The van der Waals surface area contributed by atoms with E-state index in [0.29, 0.717) is 15.6 Å². The summed E-state index contributed by atoms with van der Waals surface area (Å²) in [7, 11) is 0. The van der Waals surface area contributed by atoms with Crippen molar-refractivity contribution in [1.82, 2.24) is 10.2 Å². The lowest BCUT2D eigenvalue weighted by Crippen LogP contribution is -2.15. The highest BCUT2D eigenvalue weighted by atomic mass is 32.2. The number of benzene rings is 2. The highest BCUT2D eigenvalue weighted by molar-refractivity contribution is 8.01. The number of thioether (sulfide) groups is 1. The molecule has 3 rings (SSSR count). The molecule has 0 unspecified atom stereocenters. The van der Waals surface area contributed by atoms with Gasteiger partial charge in [-0.2, -0.15) is 0 Å². The van der Waals surface area contributed by atoms with Gasteiger partial charge in [0, 0.05) is 11.3 Å². The average Bonchev–Trinajstić information content (AvgIpc) is 3.14. The quantitative estimate of drug-likeness (QED) is 0.322. The third kappa shape index (κ3) is 5.45. The number of anilines is 2. The van der Waals surface area contributed by atoms with Crippen LogP contribution in [-0.2, 0) is 4.79 Å². The standard InChI is InChI=1S/C19H14F2N4O3S2/c1-10(26)11-5-7-12(8-6-11)22-15(27)9-29-19-25-24-18(30-19)23-17(28)16-13(20)3-2-4-14(16)21/h2-8H,9H2,1H3,(H,22,27)(H,23,24,28). The van der Waals surface area contributed by atoms with E-state index in [4.69, 9.17) is 0 Å². The zero-order valence-electron chi connectivity index (χ0n) is 15.4. The minimum Gasteiger partial charge on any atom is -0.325 e. The van der Waals surface area contributed by atoms with Crippen LogP contribution in [0.15, 0.2) is 46.8 Å². The molecule has 3 aromatic rings. The number of rotatable bonds is 7. The van der Waals surface area contributed by atoms with Crippen LogP contribution in [0.25, 0.3) is 0 Å². The molecule has 30 heavy (non-hydrogen) atoms. The lowest BCUT2D eigenvalue weighted by atomic mass is 10.1. The molecule has 0 saturated heterocycles. The molecule has 0 aliphatic carbocycles. The number of hydrogen-bond donors (Lipinski definition) is 2. The number of halogens is 2. The van der Waals surface area contributed by atoms with Gasteiger partial charge in [-0.15, -0.1) is 10.2 Å². The summed E-state index contributed by atoms with van der Waals surface area (Å²) in [5.74, 6) is -3.30. The van der Waals surface area contributed by atoms with E-state index in [9.17, 15) is 23.2 Å². The van der Waals surface area contributed by atoms with Crippen LogP contribution in [0, 0.1) is 11.6 Å². The van der Waals surface area contributed by atoms with E-state index in [0.717, 1.165) is 41.3 Å². The number of ketones is 1. The Morgan fingerprint density at radius 1 is 1.00 bits per heavy atom. The Hall–Kier alpha value is -3.18. The number of hydrogen-bond acceptors (Lipinski definition) is 7. The Morgan fingerprint density at radius 3 is 2.30 bits per heavy atom. The summed E-state index contributed by atoms with van der Waals surface area (Å²) in [4.78, 5) is 35.4. The molecule has 0 fully saturated rings. The van der Waals surface area contributed by atoms with Gasteiger partial charge in [0.05, 0.1) is 5.75 Å². The largest absolute Gasteiger partial charge is 0.325 e. The number of nitrogens with one attached hydrogen (secondary N) is 2. The second-order valence-electron chi connectivity index (χ2n) is 5.89. The van der Waals surface area contributed by atoms with Crippen molar-refractivity contribution in [3.63, 3.8) is 0 Å². The lowest BCUT2D eigenvalue weighted by Gasteiger charge is -2.04. The van der Waals surface area contributed by atoms with E-state index in [2.05, 4.69) is 20.8 Å². The maximum atomic E-state index is 13.7. The minimum absolute atomic E-state index is 0.0268. The summed E-state index contributed by atoms with van der Waals surface area (Å²) in [5.41, 5.74) is 0.376. The predicted molar refractivity (Wildman–Crippen MR) is 110 cm³/mol. The molecule has 0 atom stereocenters. The summed E-state index contributed by atoms with van der Waals surface area (Å²) in [6.07, 6.45) is 0. The molecule has 2 N–H and O–H groups in total. The van der Waals surface area contributed by atoms with E-state index >= 15 is 0 Å². The molecule has 1 aromatic heterocycles. The molecule has 0 radical (unpaired) electrons. The zero-order chi connectivity index (χ0) is 21.7. The molecule has 0 saturated carbocycles. The molecule has 2 aromatic carbocycles. The summed E-state index contributed by atoms with van der Waals surface area (Å²) >= 11 is 2.05. The molecular formula is C19H14F2N4O3S2. The minimum atomic E-state index is -0.986. The molecule has 0 bridgehead atoms. The van der Waals surface area contributed by atoms with Crippen molar-refractivity contribution in [1.29, 1.82) is 0 Å². The first-order valence-electron chi connectivity index (χ1n) is 8.46. The van der Waals surface area contributed by atoms with Crippen molar-refractivity contribution in [2.75, 3.05) is 16.4 Å². The van der Waals surface area contributed by atoms with Crippen LogP contribution in [0.1, 0.15) is 27.6 Å². The Kier molecular flexibility index (Phi) is 6.85. The van der Waals surface area contributed by atoms with Gasteiger partial charge in [-0.3, -0.25) is 19.7 Å². The molecular weight excluding hydrogens is 434 g/mol. The van der Waals surface area contributed by atoms with Gasteiger partial charge in [0.25, 0.3) is 5.91 Å². The second kappa shape index (κ2) is 9.55. The number of carbonyl (C=O) groups is 3. The number of Topliss-reactive ketones (excluding diaryl/α,β-unsaturated/α-hetero) is 1. The first-order chi connectivity index (χ1) is 14.3. The Balaban J connectivity index is 1.53. The number of carbonyl (C=O) groups excluding carboxylic acids is 3. The van der Waals surface area contributed by atoms with Crippen molar-refractivity contribution in [2.24, 2.45) is 0 Å². The topological polar surface area (TPSA) is 101 Å². The van der Waals surface area contributed by atoms with Gasteiger partial charge in [-0.1, -0.05) is 29.2 Å². The summed E-state index contributed by atoms with van der Waals surface area (Å²) in [6.45, 7) is 1.45. The normalized spacial score (nSPS) is 10.5. The third-order valence-electron chi connectivity index (χ3n) is 3.72. The molecule has 7 nitrogen and oxygen atoms in total. The van der Waals surface area contributed by atoms with Gasteiger partial charge < -0.3 is 5.32 Å². The van der Waals surface area contributed by atoms with Gasteiger partial charge >= 0.3 is 0 Å². The molecule has 154 valence electrons. The molecule has 1 heterocycles. The Labute approximate surface area is 177 Å². The van der Waals surface area contributed by atoms with E-state index < -0.39 is 23.1 Å². The average molecular weight is 448 g/mol. The highest BCUT2D eigenvalue weighted by Gasteiger charge is 2.19. The van der Waals surface area contributed by atoms with Crippen LogP contribution < -0.4 is 10.6 Å². The van der Waals surface area contributed by atoms with Gasteiger partial charge in [0.1, 0.15) is 17.2 Å². The fourth-order valence-electron chi connectivity index (χ4n) is 2.31. The van der Waals surface area contributed by atoms with Gasteiger partial charge in [-0.05, 0) is 43.3 Å². The molecule has 11 heteroatoms. The van der Waals surface area contributed by atoms with Crippen LogP contribution in [-0.4, -0.2) is 33.5 Å². The number of aromatic nitrogens is 2. The molecule has 0 spiro atoms. The lowest BCUT2D eigenvalue weighted by molar-refractivity contribution is -0.113. The van der Waals surface area contributed by atoms with Crippen LogP contribution in [0.3, 0.4) is 0 Å². The van der Waals surface area contributed by atoms with Crippen LogP contribution >= 0.6 is 23.1 Å². The molecule has 0 aliphatic heterocycles. The maximum absolute atomic E-state index is 13.7. The van der Waals surface area contributed by atoms with Crippen molar-refractivity contribution in [3.8, 4) is 0 Å². The highest BCUT2D eigenvalue weighted by Crippen LogP contribution is 2.26. The first-order valence-corrected chi connectivity index (χ1v) is 10.3. The van der Waals surface area contributed by atoms with Gasteiger partial charge in [-0.25, -0.2) is 8.78 Å². The fraction of sp³-hybridized carbons (Fsp3) is 0.105. The van der Waals surface area contributed by atoms with Gasteiger partial charge in [0.15, 0.2) is 10.1 Å². The van der Waals surface area contributed by atoms with E-state index in [-0.39, 0.29) is 22.6 Å². The second-order valence-corrected chi connectivity index (χ2v) is 8.09. The van der Waals surface area contributed by atoms with Crippen molar-refractivity contribution >= 4 is 51.5 Å². The van der Waals surface area contributed by atoms with E-state index in [1.807, 2.05) is 0 Å². The first kappa shape index (κ1) is 21.5.